The van der Waals surface area contributed by atoms with Crippen molar-refractivity contribution in [3.05, 3.63) is 30.1 Å². The standard InChI is InChI=1S/C10H11N5/c1-4-12-10-14-13-9(15(10)7-1)8-2-5-11-6-3-8/h2-3,5-6,9H,1,4,7H2. The van der Waals surface area contributed by atoms with E-state index < -0.39 is 0 Å². The van der Waals surface area contributed by atoms with Gasteiger partial charge in [-0.05, 0) is 18.6 Å². The van der Waals surface area contributed by atoms with Crippen LogP contribution in [-0.2, 0) is 0 Å². The summed E-state index contributed by atoms with van der Waals surface area (Å²) < 4.78 is 0. The van der Waals surface area contributed by atoms with E-state index >= 15 is 0 Å². The Balaban J connectivity index is 1.93. The lowest BCUT2D eigenvalue weighted by atomic mass is 10.2. The summed E-state index contributed by atoms with van der Waals surface area (Å²) in [6.07, 6.45) is 4.65. The third kappa shape index (κ3) is 1.40. The smallest absolute Gasteiger partial charge is 0.242 e. The molecular weight excluding hydrogens is 190 g/mol. The average Bonchev–Trinajstić information content (AvgIpc) is 2.74. The van der Waals surface area contributed by atoms with Gasteiger partial charge >= 0.3 is 0 Å². The predicted molar refractivity (Wildman–Crippen MR) is 55.5 cm³/mol. The van der Waals surface area contributed by atoms with E-state index in [1.54, 1.807) is 12.4 Å². The molecule has 1 aromatic heterocycles. The van der Waals surface area contributed by atoms with Crippen molar-refractivity contribution in [2.24, 2.45) is 15.2 Å². The van der Waals surface area contributed by atoms with Crippen LogP contribution >= 0.6 is 0 Å². The number of fused-ring (bicyclic) bond motifs is 1. The van der Waals surface area contributed by atoms with Gasteiger partial charge in [0.2, 0.25) is 5.96 Å². The van der Waals surface area contributed by atoms with Crippen molar-refractivity contribution in [1.29, 1.82) is 0 Å². The molecule has 0 saturated heterocycles. The minimum absolute atomic E-state index is 0.00653. The Bertz CT molecular complexity index is 411. The van der Waals surface area contributed by atoms with Crippen molar-refractivity contribution in [1.82, 2.24) is 9.88 Å². The summed E-state index contributed by atoms with van der Waals surface area (Å²) in [4.78, 5) is 10.5. The minimum Gasteiger partial charge on any atom is -0.312 e. The van der Waals surface area contributed by atoms with Gasteiger partial charge in [-0.2, -0.15) is 5.11 Å². The monoisotopic (exact) mass is 201 g/mol. The molecule has 0 N–H and O–H groups in total. The lowest BCUT2D eigenvalue weighted by Crippen LogP contribution is -2.33. The molecule has 3 rings (SSSR count). The van der Waals surface area contributed by atoms with E-state index in [9.17, 15) is 0 Å². The molecule has 0 amide bonds. The van der Waals surface area contributed by atoms with Crippen LogP contribution < -0.4 is 0 Å². The molecule has 5 heteroatoms. The van der Waals surface area contributed by atoms with Gasteiger partial charge in [0.05, 0.1) is 0 Å². The van der Waals surface area contributed by atoms with Gasteiger partial charge in [0, 0.05) is 31.0 Å². The van der Waals surface area contributed by atoms with Gasteiger partial charge in [-0.25, -0.2) is 4.99 Å². The minimum atomic E-state index is 0.00653. The maximum atomic E-state index is 4.33. The first kappa shape index (κ1) is 8.52. The van der Waals surface area contributed by atoms with Crippen LogP contribution in [0.5, 0.6) is 0 Å². The van der Waals surface area contributed by atoms with E-state index in [-0.39, 0.29) is 6.17 Å². The van der Waals surface area contributed by atoms with Crippen molar-refractivity contribution in [2.75, 3.05) is 13.1 Å². The Labute approximate surface area is 87.6 Å². The SMILES string of the molecule is c1cc(C2N=NC3=NCCCN32)ccn1. The van der Waals surface area contributed by atoms with E-state index in [4.69, 9.17) is 0 Å². The number of hydrogen-bond acceptors (Lipinski definition) is 5. The summed E-state index contributed by atoms with van der Waals surface area (Å²) in [5.74, 6) is 0.781. The van der Waals surface area contributed by atoms with E-state index in [1.165, 1.54) is 0 Å². The topological polar surface area (TPSA) is 53.2 Å². The molecule has 1 unspecified atom stereocenters. The molecule has 15 heavy (non-hydrogen) atoms. The molecule has 76 valence electrons. The van der Waals surface area contributed by atoms with E-state index in [0.717, 1.165) is 31.0 Å². The molecule has 2 aliphatic rings. The highest BCUT2D eigenvalue weighted by Gasteiger charge is 2.30. The summed E-state index contributed by atoms with van der Waals surface area (Å²) in [5.41, 5.74) is 1.13. The summed E-state index contributed by atoms with van der Waals surface area (Å²) in [6.45, 7) is 1.85. The first-order valence-electron chi connectivity index (χ1n) is 5.07. The number of hydrogen-bond donors (Lipinski definition) is 0. The van der Waals surface area contributed by atoms with Gasteiger partial charge in [0.15, 0.2) is 6.17 Å². The Kier molecular flexibility index (Phi) is 1.94. The highest BCUT2D eigenvalue weighted by Crippen LogP contribution is 2.29. The molecule has 0 fully saturated rings. The Morgan fingerprint density at radius 3 is 3.00 bits per heavy atom. The van der Waals surface area contributed by atoms with Crippen molar-refractivity contribution >= 4 is 5.96 Å². The second-order valence-electron chi connectivity index (χ2n) is 3.60. The fraction of sp³-hybridized carbons (Fsp3) is 0.400. The number of guanidine groups is 1. The maximum Gasteiger partial charge on any atom is 0.242 e. The zero-order valence-electron chi connectivity index (χ0n) is 8.24. The molecule has 0 aliphatic carbocycles. The molecule has 1 aromatic rings. The molecule has 0 bridgehead atoms. The van der Waals surface area contributed by atoms with Crippen LogP contribution in [0.2, 0.25) is 0 Å². The number of aromatic nitrogens is 1. The van der Waals surface area contributed by atoms with Crippen LogP contribution in [-0.4, -0.2) is 28.9 Å². The van der Waals surface area contributed by atoms with Crippen molar-refractivity contribution in [3.63, 3.8) is 0 Å². The van der Waals surface area contributed by atoms with Crippen LogP contribution in [0.15, 0.2) is 39.7 Å². The number of pyridine rings is 1. The summed E-state index contributed by atoms with van der Waals surface area (Å²) in [7, 11) is 0. The third-order valence-electron chi connectivity index (χ3n) is 2.62. The van der Waals surface area contributed by atoms with Gasteiger partial charge in [0.25, 0.3) is 0 Å². The second kappa shape index (κ2) is 3.42. The molecule has 0 radical (unpaired) electrons. The number of aliphatic imine (C=N–C) groups is 1. The van der Waals surface area contributed by atoms with Crippen LogP contribution in [0, 0.1) is 0 Å². The van der Waals surface area contributed by atoms with Gasteiger partial charge in [-0.3, -0.25) is 4.98 Å². The van der Waals surface area contributed by atoms with Gasteiger partial charge in [-0.1, -0.05) is 0 Å². The zero-order valence-corrected chi connectivity index (χ0v) is 8.24. The van der Waals surface area contributed by atoms with Crippen LogP contribution in [0.1, 0.15) is 18.2 Å². The molecule has 0 spiro atoms. The summed E-state index contributed by atoms with van der Waals surface area (Å²) >= 11 is 0. The second-order valence-corrected chi connectivity index (χ2v) is 3.60. The molecule has 0 saturated carbocycles. The van der Waals surface area contributed by atoms with Crippen molar-refractivity contribution in [3.8, 4) is 0 Å². The molecule has 2 aliphatic heterocycles. The highest BCUT2D eigenvalue weighted by atomic mass is 15.5. The fourth-order valence-electron chi connectivity index (χ4n) is 1.88. The molecule has 3 heterocycles. The molecule has 5 nitrogen and oxygen atoms in total. The van der Waals surface area contributed by atoms with E-state index in [2.05, 4.69) is 25.1 Å². The van der Waals surface area contributed by atoms with Gasteiger partial charge < -0.3 is 4.90 Å². The van der Waals surface area contributed by atoms with Gasteiger partial charge in [0.1, 0.15) is 0 Å². The zero-order chi connectivity index (χ0) is 10.1. The van der Waals surface area contributed by atoms with Crippen molar-refractivity contribution < 1.29 is 0 Å². The Hall–Kier alpha value is -1.78. The van der Waals surface area contributed by atoms with Crippen LogP contribution in [0.25, 0.3) is 0 Å². The number of rotatable bonds is 1. The molecule has 1 atom stereocenters. The normalized spacial score (nSPS) is 23.9. The number of nitrogens with zero attached hydrogens (tertiary/aromatic N) is 5. The quantitative estimate of drug-likeness (QED) is 0.693. The first-order chi connectivity index (χ1) is 7.45. The maximum absolute atomic E-state index is 4.33. The first-order valence-corrected chi connectivity index (χ1v) is 5.07. The largest absolute Gasteiger partial charge is 0.312 e. The van der Waals surface area contributed by atoms with Crippen LogP contribution in [0.4, 0.5) is 0 Å². The Morgan fingerprint density at radius 2 is 2.13 bits per heavy atom. The van der Waals surface area contributed by atoms with E-state index in [0.29, 0.717) is 0 Å². The van der Waals surface area contributed by atoms with E-state index in [1.807, 2.05) is 12.1 Å². The van der Waals surface area contributed by atoms with Gasteiger partial charge in [-0.15, -0.1) is 5.11 Å². The highest BCUT2D eigenvalue weighted by molar-refractivity contribution is 5.82. The molecule has 0 aromatic carbocycles. The lowest BCUT2D eigenvalue weighted by Gasteiger charge is -2.25. The third-order valence-corrected chi connectivity index (χ3v) is 2.62. The fourth-order valence-corrected chi connectivity index (χ4v) is 1.88. The van der Waals surface area contributed by atoms with Crippen LogP contribution in [0.3, 0.4) is 0 Å². The predicted octanol–water partition coefficient (Wildman–Crippen LogP) is 1.61. The number of azo groups is 1. The Morgan fingerprint density at radius 1 is 1.27 bits per heavy atom. The average molecular weight is 201 g/mol. The summed E-state index contributed by atoms with van der Waals surface area (Å²) in [6, 6.07) is 3.95. The molecular formula is C10H11N5. The summed E-state index contributed by atoms with van der Waals surface area (Å²) in [5, 5.41) is 8.34. The van der Waals surface area contributed by atoms with Crippen molar-refractivity contribution in [2.45, 2.75) is 12.6 Å². The lowest BCUT2D eigenvalue weighted by molar-refractivity contribution is 0.327.